The van der Waals surface area contributed by atoms with Crippen LogP contribution in [0, 0.1) is 0 Å². The van der Waals surface area contributed by atoms with E-state index in [1.165, 1.54) is 38.9 Å². The van der Waals surface area contributed by atoms with E-state index in [0.29, 0.717) is 0 Å². The van der Waals surface area contributed by atoms with Crippen molar-refractivity contribution in [1.82, 2.24) is 4.98 Å². The predicted molar refractivity (Wildman–Crippen MR) is 128 cm³/mol. The topological polar surface area (TPSA) is 50.2 Å². The van der Waals surface area contributed by atoms with Crippen molar-refractivity contribution in [3.63, 3.8) is 0 Å². The zero-order valence-corrected chi connectivity index (χ0v) is 19.0. The van der Waals surface area contributed by atoms with Crippen LogP contribution in [-0.2, 0) is 19.3 Å². The number of carboxylic acids is 1. The number of aromatic carboxylic acids is 1. The van der Waals surface area contributed by atoms with Gasteiger partial charge in [0.15, 0.2) is 0 Å². The van der Waals surface area contributed by atoms with Crippen LogP contribution in [0.5, 0.6) is 0 Å². The molecule has 1 aliphatic heterocycles. The minimum absolute atomic E-state index is 0.0447. The van der Waals surface area contributed by atoms with Gasteiger partial charge in [-0.05, 0) is 79.1 Å². The standard InChI is InChI=1S/C27H27NO2S/c1-4-18-5-9-20(10-6-18)24-16-27(2,3)31-25-14-8-19(15-23(24)25)7-12-22-13-11-21(17-28-22)26(29)30/h5-6,8-11,13-17H,4,7,12H2,1-3H3,(H,29,30). The Hall–Kier alpha value is -2.85. The summed E-state index contributed by atoms with van der Waals surface area (Å²) in [6, 6.07) is 19.1. The lowest BCUT2D eigenvalue weighted by molar-refractivity contribution is 0.0696. The van der Waals surface area contributed by atoms with E-state index >= 15 is 0 Å². The Labute approximate surface area is 188 Å². The smallest absolute Gasteiger partial charge is 0.337 e. The van der Waals surface area contributed by atoms with Gasteiger partial charge in [-0.15, -0.1) is 11.8 Å². The van der Waals surface area contributed by atoms with E-state index in [0.717, 1.165) is 25.0 Å². The molecule has 1 aromatic heterocycles. The Balaban J connectivity index is 1.60. The first-order chi connectivity index (χ1) is 14.8. The highest BCUT2D eigenvalue weighted by Crippen LogP contribution is 2.46. The number of thioether (sulfide) groups is 1. The molecule has 0 amide bonds. The van der Waals surface area contributed by atoms with Crippen molar-refractivity contribution in [1.29, 1.82) is 0 Å². The number of carbonyl (C=O) groups is 1. The van der Waals surface area contributed by atoms with Gasteiger partial charge < -0.3 is 5.11 Å². The van der Waals surface area contributed by atoms with E-state index in [1.54, 1.807) is 12.1 Å². The highest BCUT2D eigenvalue weighted by atomic mass is 32.2. The van der Waals surface area contributed by atoms with Crippen LogP contribution in [0.4, 0.5) is 0 Å². The van der Waals surface area contributed by atoms with Crippen molar-refractivity contribution in [2.45, 2.75) is 49.7 Å². The van der Waals surface area contributed by atoms with Crippen LogP contribution in [0.3, 0.4) is 0 Å². The van der Waals surface area contributed by atoms with Gasteiger partial charge in [-0.3, -0.25) is 4.98 Å². The maximum absolute atomic E-state index is 11.0. The second kappa shape index (κ2) is 8.72. The molecule has 0 saturated heterocycles. The monoisotopic (exact) mass is 429 g/mol. The lowest BCUT2D eigenvalue weighted by atomic mass is 9.91. The van der Waals surface area contributed by atoms with Gasteiger partial charge in [0, 0.05) is 21.5 Å². The van der Waals surface area contributed by atoms with Crippen LogP contribution in [0.2, 0.25) is 0 Å². The molecule has 3 aromatic rings. The normalized spacial score (nSPS) is 14.6. The fraction of sp³-hybridized carbons (Fsp3) is 0.259. The molecule has 0 bridgehead atoms. The zero-order valence-electron chi connectivity index (χ0n) is 18.2. The van der Waals surface area contributed by atoms with Crippen molar-refractivity contribution in [3.8, 4) is 0 Å². The predicted octanol–water partition coefficient (Wildman–Crippen LogP) is 6.44. The number of aromatic nitrogens is 1. The molecule has 0 aliphatic carbocycles. The fourth-order valence-corrected chi connectivity index (χ4v) is 5.06. The van der Waals surface area contributed by atoms with Gasteiger partial charge in [0.2, 0.25) is 0 Å². The number of carboxylic acid groups (broad SMARTS) is 1. The third-order valence-corrected chi connectivity index (χ3v) is 6.83. The first-order valence-electron chi connectivity index (χ1n) is 10.7. The molecule has 1 N–H and O–H groups in total. The fourth-order valence-electron chi connectivity index (χ4n) is 3.90. The van der Waals surface area contributed by atoms with Gasteiger partial charge in [-0.25, -0.2) is 4.79 Å². The van der Waals surface area contributed by atoms with E-state index < -0.39 is 5.97 Å². The summed E-state index contributed by atoms with van der Waals surface area (Å²) in [6.07, 6.45) is 6.51. The van der Waals surface area contributed by atoms with Crippen LogP contribution in [0.1, 0.15) is 59.1 Å². The van der Waals surface area contributed by atoms with Gasteiger partial charge in [0.1, 0.15) is 0 Å². The molecule has 0 radical (unpaired) electrons. The maximum atomic E-state index is 11.0. The first kappa shape index (κ1) is 21.4. The van der Waals surface area contributed by atoms with Crippen LogP contribution in [0.25, 0.3) is 5.57 Å². The van der Waals surface area contributed by atoms with Crippen molar-refractivity contribution < 1.29 is 9.90 Å². The molecule has 2 aromatic carbocycles. The molecule has 0 unspecified atom stereocenters. The van der Waals surface area contributed by atoms with Gasteiger partial charge in [-0.1, -0.05) is 49.4 Å². The molecule has 0 saturated carbocycles. The Morgan fingerprint density at radius 2 is 1.74 bits per heavy atom. The summed E-state index contributed by atoms with van der Waals surface area (Å²) in [5, 5.41) is 9.03. The van der Waals surface area contributed by atoms with E-state index in [-0.39, 0.29) is 10.3 Å². The highest BCUT2D eigenvalue weighted by molar-refractivity contribution is 8.01. The second-order valence-corrected chi connectivity index (χ2v) is 10.2. The number of pyridine rings is 1. The van der Waals surface area contributed by atoms with Crippen molar-refractivity contribution >= 4 is 23.3 Å². The number of aryl methyl sites for hydroxylation is 3. The molecule has 4 heteroatoms. The molecular formula is C27H27NO2S. The summed E-state index contributed by atoms with van der Waals surface area (Å²) in [6.45, 7) is 6.71. The highest BCUT2D eigenvalue weighted by Gasteiger charge is 2.26. The molecule has 158 valence electrons. The molecule has 2 heterocycles. The van der Waals surface area contributed by atoms with Gasteiger partial charge >= 0.3 is 5.97 Å². The molecule has 4 rings (SSSR count). The minimum atomic E-state index is -0.944. The third kappa shape index (κ3) is 4.91. The SMILES string of the molecule is CCc1ccc(C2=CC(C)(C)Sc3ccc(CCc4ccc(C(=O)O)cn4)cc32)cc1. The van der Waals surface area contributed by atoms with Gasteiger partial charge in [0.05, 0.1) is 5.56 Å². The van der Waals surface area contributed by atoms with Crippen LogP contribution >= 0.6 is 11.8 Å². The summed E-state index contributed by atoms with van der Waals surface area (Å²) in [7, 11) is 0. The van der Waals surface area contributed by atoms with E-state index in [4.69, 9.17) is 5.11 Å². The van der Waals surface area contributed by atoms with E-state index in [1.807, 2.05) is 11.8 Å². The number of fused-ring (bicyclic) bond motifs is 1. The van der Waals surface area contributed by atoms with Crippen LogP contribution < -0.4 is 0 Å². The summed E-state index contributed by atoms with van der Waals surface area (Å²) >= 11 is 1.90. The van der Waals surface area contributed by atoms with Crippen molar-refractivity contribution in [3.05, 3.63) is 100 Å². The van der Waals surface area contributed by atoms with E-state index in [9.17, 15) is 4.79 Å². The molecule has 0 atom stereocenters. The van der Waals surface area contributed by atoms with Crippen LogP contribution in [-0.4, -0.2) is 20.8 Å². The maximum Gasteiger partial charge on any atom is 0.337 e. The summed E-state index contributed by atoms with van der Waals surface area (Å²) in [5.41, 5.74) is 7.59. The van der Waals surface area contributed by atoms with Gasteiger partial charge in [0.25, 0.3) is 0 Å². The number of nitrogens with zero attached hydrogens (tertiary/aromatic N) is 1. The van der Waals surface area contributed by atoms with Gasteiger partial charge in [-0.2, -0.15) is 0 Å². The first-order valence-corrected chi connectivity index (χ1v) is 11.5. The number of rotatable bonds is 6. The number of hydrogen-bond acceptors (Lipinski definition) is 3. The summed E-state index contributed by atoms with van der Waals surface area (Å²) in [5.74, 6) is -0.944. The number of hydrogen-bond donors (Lipinski definition) is 1. The largest absolute Gasteiger partial charge is 0.478 e. The molecule has 3 nitrogen and oxygen atoms in total. The lowest BCUT2D eigenvalue weighted by Gasteiger charge is -2.30. The molecule has 0 fully saturated rings. The minimum Gasteiger partial charge on any atom is -0.478 e. The quantitative estimate of drug-likeness (QED) is 0.490. The Morgan fingerprint density at radius 1 is 1.00 bits per heavy atom. The molecular weight excluding hydrogens is 402 g/mol. The lowest BCUT2D eigenvalue weighted by Crippen LogP contribution is -2.16. The summed E-state index contributed by atoms with van der Waals surface area (Å²) in [4.78, 5) is 16.6. The summed E-state index contributed by atoms with van der Waals surface area (Å²) < 4.78 is 0.0447. The average molecular weight is 430 g/mol. The number of benzene rings is 2. The van der Waals surface area contributed by atoms with Crippen molar-refractivity contribution in [2.24, 2.45) is 0 Å². The van der Waals surface area contributed by atoms with Crippen LogP contribution in [0.15, 0.2) is 71.8 Å². The molecule has 1 aliphatic rings. The Bertz CT molecular complexity index is 1130. The third-order valence-electron chi connectivity index (χ3n) is 5.61. The second-order valence-electron chi connectivity index (χ2n) is 8.49. The Kier molecular flexibility index (Phi) is 6.01. The zero-order chi connectivity index (χ0) is 22.0. The Morgan fingerprint density at radius 3 is 2.39 bits per heavy atom. The average Bonchev–Trinajstić information content (AvgIpc) is 2.77. The molecule has 31 heavy (non-hydrogen) atoms. The van der Waals surface area contributed by atoms with Crippen molar-refractivity contribution in [2.75, 3.05) is 0 Å². The van der Waals surface area contributed by atoms with E-state index in [2.05, 4.69) is 74.3 Å². The molecule has 0 spiro atoms.